The summed E-state index contributed by atoms with van der Waals surface area (Å²) in [5.41, 5.74) is -9.33. The zero-order valence-corrected chi connectivity index (χ0v) is 22.6. The predicted molar refractivity (Wildman–Crippen MR) is 127 cm³/mol. The first-order valence-electron chi connectivity index (χ1n) is 11.5. The zero-order chi connectivity index (χ0) is 30.6. The second-order valence-corrected chi connectivity index (χ2v) is 11.0. The van der Waals surface area contributed by atoms with Gasteiger partial charge >= 0.3 is 24.6 Å². The van der Waals surface area contributed by atoms with E-state index in [1.54, 1.807) is 20.8 Å². The maximum Gasteiger partial charge on any atom is 0.416 e. The molecule has 0 aliphatic carbocycles. The smallest absolute Gasteiger partial charge is 0.416 e. The molecular weight excluding hydrogens is 629 g/mol. The van der Waals surface area contributed by atoms with E-state index < -0.39 is 71.5 Å². The largest absolute Gasteiger partial charge is 0.465 e. The summed E-state index contributed by atoms with van der Waals surface area (Å²) >= 11 is 3.12. The van der Waals surface area contributed by atoms with Gasteiger partial charge in [-0.15, -0.1) is 0 Å². The van der Waals surface area contributed by atoms with E-state index in [1.165, 1.54) is 12.1 Å². The third-order valence-corrected chi connectivity index (χ3v) is 7.35. The Morgan fingerprint density at radius 3 is 1.95 bits per heavy atom. The number of hydrogen-bond acceptors (Lipinski definition) is 4. The number of pyridine rings is 1. The van der Waals surface area contributed by atoms with Gasteiger partial charge in [0.2, 0.25) is 0 Å². The van der Waals surface area contributed by atoms with Crippen molar-refractivity contribution in [2.24, 2.45) is 0 Å². The zero-order valence-electron chi connectivity index (χ0n) is 21.0. The first-order chi connectivity index (χ1) is 18.0. The number of aromatic nitrogens is 1. The number of aliphatic hydroxyl groups is 1. The van der Waals surface area contributed by atoms with E-state index >= 15 is 0 Å². The van der Waals surface area contributed by atoms with Gasteiger partial charge in [-0.25, -0.2) is 9.78 Å². The van der Waals surface area contributed by atoms with Crippen LogP contribution in [0.5, 0.6) is 0 Å². The molecule has 0 spiro atoms. The van der Waals surface area contributed by atoms with Gasteiger partial charge in [0.15, 0.2) is 0 Å². The first-order valence-corrected chi connectivity index (χ1v) is 12.3. The summed E-state index contributed by atoms with van der Waals surface area (Å²) in [6.07, 6.45) is -21.2. The van der Waals surface area contributed by atoms with Crippen molar-refractivity contribution in [1.82, 2.24) is 9.88 Å². The molecule has 40 heavy (non-hydrogen) atoms. The van der Waals surface area contributed by atoms with E-state index in [0.717, 1.165) is 4.90 Å². The number of hydrogen-bond donors (Lipinski definition) is 2. The first kappa shape index (κ1) is 31.8. The van der Waals surface area contributed by atoms with E-state index in [1.807, 2.05) is 0 Å². The Balaban J connectivity index is 2.09. The Hall–Kier alpha value is -2.75. The van der Waals surface area contributed by atoms with Crippen molar-refractivity contribution in [3.05, 3.63) is 57.2 Å². The maximum absolute atomic E-state index is 14.5. The van der Waals surface area contributed by atoms with Crippen LogP contribution in [-0.2, 0) is 24.3 Å². The lowest BCUT2D eigenvalue weighted by molar-refractivity contribution is -0.211. The normalized spacial score (nSPS) is 20.6. The molecule has 1 saturated heterocycles. The molecule has 3 rings (SSSR count). The van der Waals surface area contributed by atoms with Gasteiger partial charge in [-0.1, -0.05) is 6.07 Å². The van der Waals surface area contributed by atoms with Gasteiger partial charge in [0, 0.05) is 17.6 Å². The van der Waals surface area contributed by atoms with Crippen LogP contribution in [0.1, 0.15) is 49.4 Å². The molecule has 16 heteroatoms. The molecule has 2 N–H and O–H groups in total. The lowest BCUT2D eigenvalue weighted by atomic mass is 9.76. The Labute approximate surface area is 230 Å². The fraction of sp³-hybridized carbons (Fsp3) is 0.500. The molecule has 1 amide bonds. The topological polar surface area (TPSA) is 76.9 Å². The highest BCUT2D eigenvalue weighted by Crippen LogP contribution is 2.53. The molecule has 6 nitrogen and oxygen atoms in total. The van der Waals surface area contributed by atoms with E-state index in [0.29, 0.717) is 10.5 Å². The van der Waals surface area contributed by atoms with Crippen molar-refractivity contribution in [3.63, 3.8) is 0 Å². The van der Waals surface area contributed by atoms with Crippen LogP contribution in [0, 0.1) is 0 Å². The number of alkyl halides is 9. The third kappa shape index (κ3) is 5.97. The second-order valence-electron chi connectivity index (χ2n) is 10.2. The summed E-state index contributed by atoms with van der Waals surface area (Å²) in [4.78, 5) is 17.5. The minimum Gasteiger partial charge on any atom is -0.465 e. The summed E-state index contributed by atoms with van der Waals surface area (Å²) in [5.74, 6) is -0.269. The lowest BCUT2D eigenvalue weighted by Gasteiger charge is -2.37. The van der Waals surface area contributed by atoms with Crippen LogP contribution in [0.15, 0.2) is 34.9 Å². The van der Waals surface area contributed by atoms with Crippen LogP contribution in [0.3, 0.4) is 0 Å². The average molecular weight is 652 g/mol. The number of benzene rings is 1. The number of carbonyl (C=O) groups is 1. The molecule has 1 fully saturated rings. The molecule has 1 aliphatic heterocycles. The summed E-state index contributed by atoms with van der Waals surface area (Å²) in [6, 6.07) is 2.15. The second kappa shape index (κ2) is 10.3. The van der Waals surface area contributed by atoms with E-state index in [4.69, 9.17) is 0 Å². The van der Waals surface area contributed by atoms with Crippen molar-refractivity contribution in [1.29, 1.82) is 0 Å². The van der Waals surface area contributed by atoms with Crippen LogP contribution in [0.4, 0.5) is 50.1 Å². The minimum absolute atomic E-state index is 0.00985. The molecule has 0 radical (unpaired) electrons. The summed E-state index contributed by atoms with van der Waals surface area (Å²) < 4.78 is 124. The monoisotopic (exact) mass is 651 g/mol. The van der Waals surface area contributed by atoms with Crippen molar-refractivity contribution < 1.29 is 54.5 Å². The highest BCUT2D eigenvalue weighted by atomic mass is 79.9. The quantitative estimate of drug-likeness (QED) is 0.270. The summed E-state index contributed by atoms with van der Waals surface area (Å²) in [7, 11) is 0. The number of aliphatic hydroxyl groups excluding tert-OH is 1. The predicted octanol–water partition coefficient (Wildman–Crippen LogP) is 7.19. The number of anilines is 1. The van der Waals surface area contributed by atoms with Crippen molar-refractivity contribution in [2.45, 2.75) is 69.4 Å². The molecule has 222 valence electrons. The van der Waals surface area contributed by atoms with E-state index in [-0.39, 0.29) is 35.2 Å². The Kier molecular flexibility index (Phi) is 8.15. The number of carboxylic acid groups (broad SMARTS) is 1. The van der Waals surface area contributed by atoms with Gasteiger partial charge in [0.1, 0.15) is 22.1 Å². The minimum atomic E-state index is -5.47. The van der Waals surface area contributed by atoms with Crippen molar-refractivity contribution in [3.8, 4) is 0 Å². The molecule has 1 aromatic heterocycles. The van der Waals surface area contributed by atoms with Gasteiger partial charge < -0.3 is 15.1 Å². The lowest BCUT2D eigenvalue weighted by Crippen LogP contribution is -2.52. The van der Waals surface area contributed by atoms with Gasteiger partial charge in [-0.2, -0.15) is 39.5 Å². The highest BCUT2D eigenvalue weighted by molar-refractivity contribution is 9.10. The van der Waals surface area contributed by atoms with Crippen molar-refractivity contribution in [2.75, 3.05) is 11.4 Å². The number of rotatable bonds is 4. The molecule has 2 atom stereocenters. The summed E-state index contributed by atoms with van der Waals surface area (Å²) in [5, 5.41) is 20.4. The van der Waals surface area contributed by atoms with Crippen LogP contribution >= 0.6 is 15.9 Å². The molecule has 1 aliphatic rings. The molecule has 0 saturated carbocycles. The van der Waals surface area contributed by atoms with Gasteiger partial charge in [-0.3, -0.25) is 4.90 Å². The van der Waals surface area contributed by atoms with Crippen LogP contribution in [0.25, 0.3) is 0 Å². The Morgan fingerprint density at radius 2 is 1.55 bits per heavy atom. The summed E-state index contributed by atoms with van der Waals surface area (Å²) in [6.45, 7) is 4.09. The standard InChI is InChI=1S/C24H23BrF9N3O3/c1-20(2,3)37(19(39)40)11-12-4-5-16(35-17(12)25)36-7-6-21(18(36)38,24(32,33)34)13-8-14(22(26,27)28)10-15(9-13)23(29,30)31/h4-5,8-10,18,38H,6-7,11H2,1-3H3,(H,39,40). The number of halogens is 10. The van der Waals surface area contributed by atoms with E-state index in [9.17, 15) is 54.5 Å². The number of nitrogens with zero attached hydrogens (tertiary/aromatic N) is 3. The van der Waals surface area contributed by atoms with Gasteiger partial charge in [0.25, 0.3) is 0 Å². The van der Waals surface area contributed by atoms with Crippen LogP contribution in [0.2, 0.25) is 0 Å². The van der Waals surface area contributed by atoms with E-state index in [2.05, 4.69) is 20.9 Å². The molecule has 1 aromatic carbocycles. The molecule has 2 aromatic rings. The van der Waals surface area contributed by atoms with Crippen molar-refractivity contribution >= 4 is 27.8 Å². The Bertz CT molecular complexity index is 1240. The fourth-order valence-corrected chi connectivity index (χ4v) is 4.94. The third-order valence-electron chi connectivity index (χ3n) is 6.67. The van der Waals surface area contributed by atoms with Crippen LogP contribution < -0.4 is 4.90 Å². The maximum atomic E-state index is 14.5. The molecular formula is C24H23BrF9N3O3. The SMILES string of the molecule is CC(C)(C)N(Cc1ccc(N2CCC(c3cc(C(F)(F)F)cc(C(F)(F)F)c3)(C(F)(F)F)C2O)nc1Br)C(=O)O. The highest BCUT2D eigenvalue weighted by Gasteiger charge is 2.65. The number of amides is 1. The Morgan fingerprint density at radius 1 is 1.02 bits per heavy atom. The molecule has 2 heterocycles. The fourth-order valence-electron chi connectivity index (χ4n) is 4.51. The van der Waals surface area contributed by atoms with Gasteiger partial charge in [0.05, 0.1) is 17.7 Å². The molecule has 0 bridgehead atoms. The average Bonchev–Trinajstić information content (AvgIpc) is 3.13. The molecule has 2 unspecified atom stereocenters. The van der Waals surface area contributed by atoms with Gasteiger partial charge in [-0.05, 0) is 73.0 Å². The van der Waals surface area contributed by atoms with Crippen LogP contribution in [-0.4, -0.2) is 50.7 Å².